The molecule has 0 unspecified atom stereocenters. The van der Waals surface area contributed by atoms with E-state index in [0.29, 0.717) is 0 Å². The predicted octanol–water partition coefficient (Wildman–Crippen LogP) is 8.47. The Kier molecular flexibility index (Phi) is 5.51. The average molecular weight is 461 g/mol. The molecule has 4 aromatic rings. The summed E-state index contributed by atoms with van der Waals surface area (Å²) in [4.78, 5) is 0. The molecule has 2 heteroatoms. The lowest BCUT2D eigenvalue weighted by atomic mass is 9.67. The van der Waals surface area contributed by atoms with E-state index in [1.165, 1.54) is 33.4 Å². The SMILES string of the molecule is CC(C)(C)Nc1cccc(C2(c3cccc(NC(C)(C)C)c3)c3ccccc3-c3ccccc32)c1. The minimum absolute atomic E-state index is 0.0200. The first kappa shape index (κ1) is 23.2. The van der Waals surface area contributed by atoms with Gasteiger partial charge >= 0.3 is 0 Å². The number of benzene rings is 4. The molecule has 0 fully saturated rings. The highest BCUT2D eigenvalue weighted by Gasteiger charge is 2.46. The van der Waals surface area contributed by atoms with Crippen molar-refractivity contribution >= 4 is 11.4 Å². The van der Waals surface area contributed by atoms with E-state index in [0.717, 1.165) is 11.4 Å². The van der Waals surface area contributed by atoms with Crippen LogP contribution in [0, 0.1) is 0 Å². The highest BCUT2D eigenvalue weighted by atomic mass is 15.0. The van der Waals surface area contributed by atoms with E-state index in [2.05, 4.69) is 149 Å². The molecule has 1 aliphatic carbocycles. The van der Waals surface area contributed by atoms with Gasteiger partial charge in [-0.15, -0.1) is 0 Å². The smallest absolute Gasteiger partial charge is 0.0715 e. The van der Waals surface area contributed by atoms with Crippen LogP contribution in [0.15, 0.2) is 97.1 Å². The van der Waals surface area contributed by atoms with Crippen LogP contribution in [-0.2, 0) is 5.41 Å². The van der Waals surface area contributed by atoms with Crippen LogP contribution in [0.25, 0.3) is 11.1 Å². The molecule has 4 aromatic carbocycles. The molecule has 0 atom stereocenters. The molecule has 0 saturated carbocycles. The van der Waals surface area contributed by atoms with Gasteiger partial charge in [-0.05, 0) is 99.2 Å². The quantitative estimate of drug-likeness (QED) is 0.281. The fraction of sp³-hybridized carbons (Fsp3) is 0.273. The van der Waals surface area contributed by atoms with Crippen molar-refractivity contribution in [3.8, 4) is 11.1 Å². The van der Waals surface area contributed by atoms with Crippen molar-refractivity contribution in [3.63, 3.8) is 0 Å². The molecule has 1 aliphatic rings. The summed E-state index contributed by atoms with van der Waals surface area (Å²) < 4.78 is 0. The molecule has 0 heterocycles. The second kappa shape index (κ2) is 8.30. The van der Waals surface area contributed by atoms with Gasteiger partial charge < -0.3 is 10.6 Å². The number of nitrogens with one attached hydrogen (secondary N) is 2. The van der Waals surface area contributed by atoms with Crippen LogP contribution in [0.4, 0.5) is 11.4 Å². The topological polar surface area (TPSA) is 24.1 Å². The van der Waals surface area contributed by atoms with Gasteiger partial charge in [0.15, 0.2) is 0 Å². The van der Waals surface area contributed by atoms with Gasteiger partial charge in [0.2, 0.25) is 0 Å². The van der Waals surface area contributed by atoms with Gasteiger partial charge in [0, 0.05) is 22.5 Å². The first-order valence-electron chi connectivity index (χ1n) is 12.5. The molecule has 0 bridgehead atoms. The largest absolute Gasteiger partial charge is 0.380 e. The van der Waals surface area contributed by atoms with Crippen molar-refractivity contribution in [1.29, 1.82) is 0 Å². The van der Waals surface area contributed by atoms with Crippen LogP contribution in [0.1, 0.15) is 63.8 Å². The highest BCUT2D eigenvalue weighted by Crippen LogP contribution is 2.56. The van der Waals surface area contributed by atoms with Crippen molar-refractivity contribution in [2.75, 3.05) is 10.6 Å². The summed E-state index contributed by atoms with van der Waals surface area (Å²) in [5.74, 6) is 0. The third-order valence-electron chi connectivity index (χ3n) is 6.58. The van der Waals surface area contributed by atoms with Crippen molar-refractivity contribution < 1.29 is 0 Å². The Balaban J connectivity index is 1.83. The average Bonchev–Trinajstić information content (AvgIpc) is 3.09. The molecule has 2 nitrogen and oxygen atoms in total. The van der Waals surface area contributed by atoms with E-state index in [1.807, 2.05) is 0 Å². The third-order valence-corrected chi connectivity index (χ3v) is 6.58. The Morgan fingerprint density at radius 3 is 1.29 bits per heavy atom. The van der Waals surface area contributed by atoms with Crippen molar-refractivity contribution in [2.24, 2.45) is 0 Å². The molecule has 2 N–H and O–H groups in total. The zero-order chi connectivity index (χ0) is 24.8. The second-order valence-electron chi connectivity index (χ2n) is 11.8. The van der Waals surface area contributed by atoms with E-state index in [1.54, 1.807) is 0 Å². The zero-order valence-corrected chi connectivity index (χ0v) is 21.7. The van der Waals surface area contributed by atoms with E-state index in [9.17, 15) is 0 Å². The van der Waals surface area contributed by atoms with Crippen molar-refractivity contribution in [2.45, 2.75) is 58.0 Å². The summed E-state index contributed by atoms with van der Waals surface area (Å²) in [6, 6.07) is 35.8. The molecular weight excluding hydrogens is 424 g/mol. The second-order valence-corrected chi connectivity index (χ2v) is 11.8. The monoisotopic (exact) mass is 460 g/mol. The van der Waals surface area contributed by atoms with E-state index in [4.69, 9.17) is 0 Å². The molecule has 0 saturated heterocycles. The number of hydrogen-bond acceptors (Lipinski definition) is 2. The van der Waals surface area contributed by atoms with Gasteiger partial charge in [-0.3, -0.25) is 0 Å². The molecule has 35 heavy (non-hydrogen) atoms. The molecule has 0 aromatic heterocycles. The maximum absolute atomic E-state index is 3.69. The lowest BCUT2D eigenvalue weighted by molar-refractivity contribution is 0.633. The van der Waals surface area contributed by atoms with Gasteiger partial charge in [0.1, 0.15) is 0 Å². The standard InChI is InChI=1S/C33H36N2/c1-31(2,3)34-25-15-11-13-23(21-25)33(24-14-12-16-26(22-24)35-32(4,5)6)29-19-9-7-17-27(29)28-18-8-10-20-30(28)33/h7-22,34-35H,1-6H3. The minimum Gasteiger partial charge on any atom is -0.380 e. The van der Waals surface area contributed by atoms with Crippen LogP contribution in [0.2, 0.25) is 0 Å². The Morgan fingerprint density at radius 2 is 0.886 bits per heavy atom. The fourth-order valence-corrected chi connectivity index (χ4v) is 5.55. The van der Waals surface area contributed by atoms with Crippen LogP contribution in [0.3, 0.4) is 0 Å². The van der Waals surface area contributed by atoms with Crippen LogP contribution >= 0.6 is 0 Å². The van der Waals surface area contributed by atoms with Gasteiger partial charge in [-0.25, -0.2) is 0 Å². The minimum atomic E-state index is -0.404. The van der Waals surface area contributed by atoms with Crippen molar-refractivity contribution in [3.05, 3.63) is 119 Å². The summed E-state index contributed by atoms with van der Waals surface area (Å²) >= 11 is 0. The van der Waals surface area contributed by atoms with Crippen LogP contribution < -0.4 is 10.6 Å². The molecule has 0 aliphatic heterocycles. The number of anilines is 2. The van der Waals surface area contributed by atoms with Gasteiger partial charge in [0.25, 0.3) is 0 Å². The van der Waals surface area contributed by atoms with Crippen LogP contribution in [0.5, 0.6) is 0 Å². The maximum atomic E-state index is 3.69. The lowest BCUT2D eigenvalue weighted by Crippen LogP contribution is -2.30. The summed E-state index contributed by atoms with van der Waals surface area (Å²) in [5, 5.41) is 7.38. The van der Waals surface area contributed by atoms with E-state index in [-0.39, 0.29) is 11.1 Å². The van der Waals surface area contributed by atoms with E-state index < -0.39 is 5.41 Å². The number of rotatable bonds is 4. The number of hydrogen-bond donors (Lipinski definition) is 2. The Labute approximate surface area is 210 Å². The maximum Gasteiger partial charge on any atom is 0.0715 e. The third kappa shape index (κ3) is 4.23. The van der Waals surface area contributed by atoms with E-state index >= 15 is 0 Å². The lowest BCUT2D eigenvalue weighted by Gasteiger charge is -2.35. The summed E-state index contributed by atoms with van der Waals surface area (Å²) in [7, 11) is 0. The molecule has 0 amide bonds. The van der Waals surface area contributed by atoms with Crippen LogP contribution in [-0.4, -0.2) is 11.1 Å². The summed E-state index contributed by atoms with van der Waals surface area (Å²) in [6.07, 6.45) is 0. The molecule has 0 radical (unpaired) electrons. The fourth-order valence-electron chi connectivity index (χ4n) is 5.55. The van der Waals surface area contributed by atoms with Crippen molar-refractivity contribution in [1.82, 2.24) is 0 Å². The Bertz CT molecular complexity index is 1260. The molecular formula is C33H36N2. The summed E-state index contributed by atoms with van der Waals surface area (Å²) in [6.45, 7) is 13.2. The van der Waals surface area contributed by atoms with Gasteiger partial charge in [-0.1, -0.05) is 72.8 Å². The highest BCUT2D eigenvalue weighted by molar-refractivity contribution is 5.86. The molecule has 178 valence electrons. The predicted molar refractivity (Wildman–Crippen MR) is 150 cm³/mol. The number of fused-ring (bicyclic) bond motifs is 3. The first-order valence-corrected chi connectivity index (χ1v) is 12.5. The first-order chi connectivity index (χ1) is 16.6. The molecule has 0 spiro atoms. The summed E-state index contributed by atoms with van der Waals surface area (Å²) in [5.41, 5.74) is 9.68. The van der Waals surface area contributed by atoms with Gasteiger partial charge in [0.05, 0.1) is 5.41 Å². The molecule has 5 rings (SSSR count). The Morgan fingerprint density at radius 1 is 0.486 bits per heavy atom. The zero-order valence-electron chi connectivity index (χ0n) is 21.7. The Hall–Kier alpha value is -3.52. The van der Waals surface area contributed by atoms with Gasteiger partial charge in [-0.2, -0.15) is 0 Å². The normalized spacial score (nSPS) is 14.2.